The Labute approximate surface area is 88.6 Å². The predicted molar refractivity (Wildman–Crippen MR) is 56.6 cm³/mol. The van der Waals surface area contributed by atoms with Gasteiger partial charge in [0.2, 0.25) is 0 Å². The molecule has 1 aromatic rings. The number of rotatable bonds is 6. The molecule has 0 radical (unpaired) electrons. The highest BCUT2D eigenvalue weighted by Gasteiger charge is 2.16. The Morgan fingerprint density at radius 3 is 3.00 bits per heavy atom. The van der Waals surface area contributed by atoms with E-state index in [2.05, 4.69) is 15.3 Å². The van der Waals surface area contributed by atoms with E-state index in [-0.39, 0.29) is 0 Å². The van der Waals surface area contributed by atoms with Crippen LogP contribution in [0.3, 0.4) is 0 Å². The summed E-state index contributed by atoms with van der Waals surface area (Å²) in [6.45, 7) is 2.03. The van der Waals surface area contributed by atoms with Gasteiger partial charge >= 0.3 is 5.97 Å². The molecule has 2 N–H and O–H groups in total. The summed E-state index contributed by atoms with van der Waals surface area (Å²) >= 11 is 0. The Bertz CT molecular complexity index is 303. The molecule has 5 nitrogen and oxygen atoms in total. The molecule has 0 amide bonds. The van der Waals surface area contributed by atoms with Crippen LogP contribution in [0.4, 0.5) is 5.82 Å². The van der Waals surface area contributed by atoms with Crippen molar-refractivity contribution in [3.8, 4) is 0 Å². The number of hydrogen-bond donors (Lipinski definition) is 2. The number of aromatic nitrogens is 2. The van der Waals surface area contributed by atoms with Crippen LogP contribution >= 0.6 is 0 Å². The van der Waals surface area contributed by atoms with E-state index < -0.39 is 12.0 Å². The lowest BCUT2D eigenvalue weighted by molar-refractivity contribution is -0.138. The zero-order valence-corrected chi connectivity index (χ0v) is 8.68. The van der Waals surface area contributed by atoms with Crippen molar-refractivity contribution in [1.29, 1.82) is 0 Å². The van der Waals surface area contributed by atoms with E-state index in [0.29, 0.717) is 12.2 Å². The van der Waals surface area contributed by atoms with Crippen LogP contribution in [0.5, 0.6) is 0 Å². The van der Waals surface area contributed by atoms with E-state index in [1.165, 1.54) is 6.33 Å². The van der Waals surface area contributed by atoms with Crippen molar-refractivity contribution in [2.45, 2.75) is 32.2 Å². The molecule has 0 bridgehead atoms. The molecule has 15 heavy (non-hydrogen) atoms. The number of carboxylic acids is 1. The Morgan fingerprint density at radius 1 is 1.67 bits per heavy atom. The summed E-state index contributed by atoms with van der Waals surface area (Å²) in [5.74, 6) is -0.296. The summed E-state index contributed by atoms with van der Waals surface area (Å²) in [6, 6.07) is 1.09. The van der Waals surface area contributed by atoms with Crippen LogP contribution in [0.15, 0.2) is 18.6 Å². The molecule has 82 valence electrons. The van der Waals surface area contributed by atoms with Gasteiger partial charge in [-0.25, -0.2) is 14.8 Å². The normalized spacial score (nSPS) is 12.1. The number of aliphatic carboxylic acids is 1. The Balaban J connectivity index is 2.55. The number of hydrogen-bond acceptors (Lipinski definition) is 4. The maximum atomic E-state index is 10.9. The highest BCUT2D eigenvalue weighted by molar-refractivity contribution is 5.76. The first kappa shape index (κ1) is 11.4. The van der Waals surface area contributed by atoms with Crippen molar-refractivity contribution < 1.29 is 9.90 Å². The van der Waals surface area contributed by atoms with Crippen molar-refractivity contribution in [2.24, 2.45) is 0 Å². The summed E-state index contributed by atoms with van der Waals surface area (Å²) in [6.07, 6.45) is 5.44. The third-order valence-electron chi connectivity index (χ3n) is 2.05. The molecule has 1 unspecified atom stereocenters. The molecule has 1 atom stereocenters. The second kappa shape index (κ2) is 5.95. The third kappa shape index (κ3) is 3.93. The number of unbranched alkanes of at least 4 members (excludes halogenated alkanes) is 1. The van der Waals surface area contributed by atoms with Gasteiger partial charge in [0.25, 0.3) is 0 Å². The minimum Gasteiger partial charge on any atom is -0.480 e. The molecule has 0 saturated heterocycles. The van der Waals surface area contributed by atoms with Gasteiger partial charge in [0.05, 0.1) is 0 Å². The third-order valence-corrected chi connectivity index (χ3v) is 2.05. The smallest absolute Gasteiger partial charge is 0.326 e. The zero-order valence-electron chi connectivity index (χ0n) is 8.68. The molecule has 1 aromatic heterocycles. The summed E-state index contributed by atoms with van der Waals surface area (Å²) in [4.78, 5) is 18.6. The number of anilines is 1. The minimum absolute atomic E-state index is 0.550. The largest absolute Gasteiger partial charge is 0.480 e. The first-order valence-electron chi connectivity index (χ1n) is 4.99. The van der Waals surface area contributed by atoms with Crippen molar-refractivity contribution in [3.63, 3.8) is 0 Å². The average Bonchev–Trinajstić information content (AvgIpc) is 2.25. The maximum Gasteiger partial charge on any atom is 0.326 e. The van der Waals surface area contributed by atoms with Crippen LogP contribution in [-0.4, -0.2) is 27.1 Å². The summed E-state index contributed by atoms with van der Waals surface area (Å²) < 4.78 is 0. The second-order valence-electron chi connectivity index (χ2n) is 3.27. The summed E-state index contributed by atoms with van der Waals surface area (Å²) in [7, 11) is 0. The summed E-state index contributed by atoms with van der Waals surface area (Å²) in [5, 5.41) is 11.8. The van der Waals surface area contributed by atoms with Crippen LogP contribution < -0.4 is 5.32 Å². The molecular formula is C10H15N3O2. The monoisotopic (exact) mass is 209 g/mol. The van der Waals surface area contributed by atoms with Crippen LogP contribution in [-0.2, 0) is 4.79 Å². The summed E-state index contributed by atoms with van der Waals surface area (Å²) in [5.41, 5.74) is 0. The second-order valence-corrected chi connectivity index (χ2v) is 3.27. The van der Waals surface area contributed by atoms with Crippen LogP contribution in [0.2, 0.25) is 0 Å². The highest BCUT2D eigenvalue weighted by Crippen LogP contribution is 2.07. The molecule has 0 aliphatic rings. The van der Waals surface area contributed by atoms with Crippen molar-refractivity contribution in [1.82, 2.24) is 9.97 Å². The van der Waals surface area contributed by atoms with Gasteiger partial charge in [-0.15, -0.1) is 0 Å². The molecule has 0 aliphatic carbocycles. The van der Waals surface area contributed by atoms with Gasteiger partial charge in [-0.05, 0) is 12.5 Å². The fraction of sp³-hybridized carbons (Fsp3) is 0.500. The van der Waals surface area contributed by atoms with Crippen LogP contribution in [0, 0.1) is 0 Å². The van der Waals surface area contributed by atoms with Gasteiger partial charge in [0.1, 0.15) is 18.2 Å². The number of carboxylic acid groups (broad SMARTS) is 1. The predicted octanol–water partition coefficient (Wildman–Crippen LogP) is 1.53. The van der Waals surface area contributed by atoms with E-state index in [0.717, 1.165) is 12.8 Å². The van der Waals surface area contributed by atoms with Gasteiger partial charge in [-0.3, -0.25) is 0 Å². The SMILES string of the molecule is CCCCC(Nc1ccncn1)C(=O)O. The van der Waals surface area contributed by atoms with E-state index in [1.807, 2.05) is 6.92 Å². The molecule has 0 aromatic carbocycles. The Morgan fingerprint density at radius 2 is 2.47 bits per heavy atom. The topological polar surface area (TPSA) is 75.1 Å². The molecular weight excluding hydrogens is 194 g/mol. The number of carbonyl (C=O) groups is 1. The lowest BCUT2D eigenvalue weighted by Gasteiger charge is -2.13. The molecule has 5 heteroatoms. The standard InChI is InChI=1S/C10H15N3O2/c1-2-3-4-8(10(14)15)13-9-5-6-11-7-12-9/h5-8H,2-4H2,1H3,(H,14,15)(H,11,12,13). The first-order valence-corrected chi connectivity index (χ1v) is 4.99. The Kier molecular flexibility index (Phi) is 4.53. The molecule has 0 fully saturated rings. The molecule has 0 spiro atoms. The van der Waals surface area contributed by atoms with Gasteiger partial charge in [-0.2, -0.15) is 0 Å². The van der Waals surface area contributed by atoms with Crippen LogP contribution in [0.25, 0.3) is 0 Å². The van der Waals surface area contributed by atoms with Crippen LogP contribution in [0.1, 0.15) is 26.2 Å². The van der Waals surface area contributed by atoms with Gasteiger partial charge < -0.3 is 10.4 Å². The van der Waals surface area contributed by atoms with Crippen molar-refractivity contribution >= 4 is 11.8 Å². The molecule has 0 saturated carbocycles. The maximum absolute atomic E-state index is 10.9. The molecule has 0 aliphatic heterocycles. The van der Waals surface area contributed by atoms with E-state index >= 15 is 0 Å². The average molecular weight is 209 g/mol. The molecule has 1 heterocycles. The minimum atomic E-state index is -0.845. The van der Waals surface area contributed by atoms with E-state index in [1.54, 1.807) is 12.3 Å². The molecule has 1 rings (SSSR count). The fourth-order valence-corrected chi connectivity index (χ4v) is 1.22. The lowest BCUT2D eigenvalue weighted by Crippen LogP contribution is -2.29. The zero-order chi connectivity index (χ0) is 11.1. The van der Waals surface area contributed by atoms with Crippen molar-refractivity contribution in [3.05, 3.63) is 18.6 Å². The van der Waals surface area contributed by atoms with Crippen molar-refractivity contribution in [2.75, 3.05) is 5.32 Å². The lowest BCUT2D eigenvalue weighted by atomic mass is 10.1. The quantitative estimate of drug-likeness (QED) is 0.743. The van der Waals surface area contributed by atoms with E-state index in [4.69, 9.17) is 5.11 Å². The van der Waals surface area contributed by atoms with Gasteiger partial charge in [0.15, 0.2) is 0 Å². The fourth-order valence-electron chi connectivity index (χ4n) is 1.22. The highest BCUT2D eigenvalue weighted by atomic mass is 16.4. The first-order chi connectivity index (χ1) is 7.24. The number of nitrogens with one attached hydrogen (secondary N) is 1. The van der Waals surface area contributed by atoms with Gasteiger partial charge in [-0.1, -0.05) is 19.8 Å². The number of nitrogens with zero attached hydrogens (tertiary/aromatic N) is 2. The van der Waals surface area contributed by atoms with E-state index in [9.17, 15) is 4.79 Å². The van der Waals surface area contributed by atoms with Gasteiger partial charge in [0, 0.05) is 6.20 Å². The Hall–Kier alpha value is -1.65.